The van der Waals surface area contributed by atoms with Crippen LogP contribution in [-0.2, 0) is 4.79 Å². The molecule has 0 aromatic heterocycles. The third-order valence-electron chi connectivity index (χ3n) is 3.72. The standard InChI is InChI=1S/C16H23NO2/c1-6-16(3,4)17(5)14-9-7-12(2)11-13(14)8-10-15(18)19/h7-11H,6H2,1-5H3,(H,18,19)/b10-8+. The molecule has 0 saturated carbocycles. The minimum atomic E-state index is -0.926. The second-order valence-corrected chi connectivity index (χ2v) is 5.46. The van der Waals surface area contributed by atoms with Crippen molar-refractivity contribution in [3.05, 3.63) is 35.4 Å². The molecule has 0 aliphatic heterocycles. The second kappa shape index (κ2) is 5.91. The van der Waals surface area contributed by atoms with Crippen LogP contribution in [0.4, 0.5) is 5.69 Å². The van der Waals surface area contributed by atoms with E-state index in [4.69, 9.17) is 5.11 Å². The number of aliphatic carboxylic acids is 1. The molecular weight excluding hydrogens is 238 g/mol. The van der Waals surface area contributed by atoms with Crippen molar-refractivity contribution < 1.29 is 9.90 Å². The van der Waals surface area contributed by atoms with Crippen molar-refractivity contribution in [1.82, 2.24) is 0 Å². The smallest absolute Gasteiger partial charge is 0.328 e. The Kier molecular flexibility index (Phi) is 4.76. The van der Waals surface area contributed by atoms with Crippen molar-refractivity contribution in [2.45, 2.75) is 39.7 Å². The first-order valence-corrected chi connectivity index (χ1v) is 6.53. The van der Waals surface area contributed by atoms with Crippen LogP contribution in [0.1, 0.15) is 38.3 Å². The third-order valence-corrected chi connectivity index (χ3v) is 3.72. The highest BCUT2D eigenvalue weighted by molar-refractivity contribution is 5.87. The molecule has 3 nitrogen and oxygen atoms in total. The van der Waals surface area contributed by atoms with Gasteiger partial charge in [-0.3, -0.25) is 0 Å². The van der Waals surface area contributed by atoms with Gasteiger partial charge in [0.1, 0.15) is 0 Å². The fraction of sp³-hybridized carbons (Fsp3) is 0.438. The van der Waals surface area contributed by atoms with Gasteiger partial charge in [-0.05, 0) is 51.0 Å². The van der Waals surface area contributed by atoms with Crippen molar-refractivity contribution in [3.63, 3.8) is 0 Å². The molecule has 1 aromatic rings. The molecule has 0 amide bonds. The van der Waals surface area contributed by atoms with E-state index in [9.17, 15) is 4.79 Å². The number of carbonyl (C=O) groups is 1. The maximum absolute atomic E-state index is 10.7. The predicted octanol–water partition coefficient (Wildman–Crippen LogP) is 3.72. The Morgan fingerprint density at radius 1 is 1.42 bits per heavy atom. The van der Waals surface area contributed by atoms with Gasteiger partial charge in [-0.25, -0.2) is 4.79 Å². The lowest BCUT2D eigenvalue weighted by molar-refractivity contribution is -0.131. The molecule has 0 radical (unpaired) electrons. The lowest BCUT2D eigenvalue weighted by Crippen LogP contribution is -2.40. The molecule has 0 unspecified atom stereocenters. The van der Waals surface area contributed by atoms with Crippen LogP contribution >= 0.6 is 0 Å². The zero-order valence-electron chi connectivity index (χ0n) is 12.4. The van der Waals surface area contributed by atoms with E-state index in [0.717, 1.165) is 23.2 Å². The van der Waals surface area contributed by atoms with Gasteiger partial charge in [0.25, 0.3) is 0 Å². The van der Waals surface area contributed by atoms with E-state index in [1.54, 1.807) is 6.08 Å². The van der Waals surface area contributed by atoms with E-state index in [-0.39, 0.29) is 5.54 Å². The molecule has 3 heteroatoms. The number of rotatable bonds is 5. The normalized spacial score (nSPS) is 11.8. The van der Waals surface area contributed by atoms with E-state index in [0.29, 0.717) is 0 Å². The molecular formula is C16H23NO2. The maximum atomic E-state index is 10.7. The Bertz CT molecular complexity index is 490. The molecule has 0 spiro atoms. The predicted molar refractivity (Wildman–Crippen MR) is 80.6 cm³/mol. The van der Waals surface area contributed by atoms with Gasteiger partial charge in [0, 0.05) is 24.4 Å². The van der Waals surface area contributed by atoms with Gasteiger partial charge >= 0.3 is 5.97 Å². The van der Waals surface area contributed by atoms with Crippen LogP contribution in [-0.4, -0.2) is 23.7 Å². The molecule has 0 fully saturated rings. The summed E-state index contributed by atoms with van der Waals surface area (Å²) < 4.78 is 0. The molecule has 0 atom stereocenters. The van der Waals surface area contributed by atoms with Crippen LogP contribution in [0.2, 0.25) is 0 Å². The van der Waals surface area contributed by atoms with Gasteiger partial charge in [-0.1, -0.05) is 18.6 Å². The summed E-state index contributed by atoms with van der Waals surface area (Å²) in [6.07, 6.45) is 3.86. The van der Waals surface area contributed by atoms with Crippen LogP contribution < -0.4 is 4.90 Å². The molecule has 0 heterocycles. The summed E-state index contributed by atoms with van der Waals surface area (Å²) >= 11 is 0. The number of benzene rings is 1. The topological polar surface area (TPSA) is 40.5 Å². The van der Waals surface area contributed by atoms with Crippen molar-refractivity contribution in [2.24, 2.45) is 0 Å². The van der Waals surface area contributed by atoms with Crippen LogP contribution in [0.15, 0.2) is 24.3 Å². The summed E-state index contributed by atoms with van der Waals surface area (Å²) in [6.45, 7) is 8.51. The third kappa shape index (κ3) is 3.85. The van der Waals surface area contributed by atoms with Crippen LogP contribution in [0.5, 0.6) is 0 Å². The number of hydrogen-bond donors (Lipinski definition) is 1. The van der Waals surface area contributed by atoms with Gasteiger partial charge in [0.05, 0.1) is 0 Å². The molecule has 0 saturated heterocycles. The van der Waals surface area contributed by atoms with Crippen molar-refractivity contribution >= 4 is 17.7 Å². The summed E-state index contributed by atoms with van der Waals surface area (Å²) in [5.41, 5.74) is 3.14. The van der Waals surface area contributed by atoms with Crippen molar-refractivity contribution in [1.29, 1.82) is 0 Å². The SMILES string of the molecule is CCC(C)(C)N(C)c1ccc(C)cc1/C=C/C(=O)O. The maximum Gasteiger partial charge on any atom is 0.328 e. The summed E-state index contributed by atoms with van der Waals surface area (Å²) in [4.78, 5) is 12.9. The number of carboxylic acids is 1. The van der Waals surface area contributed by atoms with Crippen LogP contribution in [0.25, 0.3) is 6.08 Å². The zero-order chi connectivity index (χ0) is 14.6. The first kappa shape index (κ1) is 15.3. The monoisotopic (exact) mass is 261 g/mol. The van der Waals surface area contributed by atoms with Gasteiger partial charge in [0.15, 0.2) is 0 Å². The van der Waals surface area contributed by atoms with E-state index in [1.165, 1.54) is 6.08 Å². The lowest BCUT2D eigenvalue weighted by Gasteiger charge is -2.37. The average molecular weight is 261 g/mol. The first-order valence-electron chi connectivity index (χ1n) is 6.53. The number of aryl methyl sites for hydroxylation is 1. The average Bonchev–Trinajstić information content (AvgIpc) is 2.35. The largest absolute Gasteiger partial charge is 0.478 e. The van der Waals surface area contributed by atoms with Crippen LogP contribution in [0.3, 0.4) is 0 Å². The van der Waals surface area contributed by atoms with Crippen molar-refractivity contribution in [2.75, 3.05) is 11.9 Å². The molecule has 1 aromatic carbocycles. The highest BCUT2D eigenvalue weighted by Gasteiger charge is 2.22. The van der Waals surface area contributed by atoms with Crippen LogP contribution in [0, 0.1) is 6.92 Å². The fourth-order valence-electron chi connectivity index (χ4n) is 1.84. The number of hydrogen-bond acceptors (Lipinski definition) is 2. The van der Waals surface area contributed by atoms with E-state index < -0.39 is 5.97 Å². The van der Waals surface area contributed by atoms with Crippen molar-refractivity contribution in [3.8, 4) is 0 Å². The van der Waals surface area contributed by atoms with E-state index in [1.807, 2.05) is 26.1 Å². The Morgan fingerprint density at radius 3 is 2.58 bits per heavy atom. The molecule has 0 aliphatic rings. The van der Waals surface area contributed by atoms with Gasteiger partial charge in [-0.2, -0.15) is 0 Å². The van der Waals surface area contributed by atoms with Gasteiger partial charge in [-0.15, -0.1) is 0 Å². The first-order chi connectivity index (χ1) is 8.77. The quantitative estimate of drug-likeness (QED) is 0.821. The lowest BCUT2D eigenvalue weighted by atomic mass is 9.97. The Hall–Kier alpha value is -1.77. The van der Waals surface area contributed by atoms with Gasteiger partial charge < -0.3 is 10.0 Å². The molecule has 1 rings (SSSR count). The Morgan fingerprint density at radius 2 is 2.05 bits per heavy atom. The highest BCUT2D eigenvalue weighted by atomic mass is 16.4. The number of anilines is 1. The number of carboxylic acid groups (broad SMARTS) is 1. The summed E-state index contributed by atoms with van der Waals surface area (Å²) in [5, 5.41) is 8.78. The minimum Gasteiger partial charge on any atom is -0.478 e. The Balaban J connectivity index is 3.23. The molecule has 0 bridgehead atoms. The zero-order valence-corrected chi connectivity index (χ0v) is 12.4. The summed E-state index contributed by atoms with van der Waals surface area (Å²) in [6, 6.07) is 6.11. The van der Waals surface area contributed by atoms with E-state index in [2.05, 4.69) is 31.7 Å². The Labute approximate surface area is 115 Å². The molecule has 0 aliphatic carbocycles. The van der Waals surface area contributed by atoms with E-state index >= 15 is 0 Å². The number of nitrogens with zero attached hydrogens (tertiary/aromatic N) is 1. The molecule has 19 heavy (non-hydrogen) atoms. The fourth-order valence-corrected chi connectivity index (χ4v) is 1.84. The summed E-state index contributed by atoms with van der Waals surface area (Å²) in [7, 11) is 2.05. The van der Waals surface area contributed by atoms with Gasteiger partial charge in [0.2, 0.25) is 0 Å². The molecule has 104 valence electrons. The highest BCUT2D eigenvalue weighted by Crippen LogP contribution is 2.29. The summed E-state index contributed by atoms with van der Waals surface area (Å²) in [5.74, 6) is -0.926. The molecule has 1 N–H and O–H groups in total. The minimum absolute atomic E-state index is 0.0288. The second-order valence-electron chi connectivity index (χ2n) is 5.46.